The third kappa shape index (κ3) is 3.97. The van der Waals surface area contributed by atoms with Crippen LogP contribution in [0, 0.1) is 0 Å². The van der Waals surface area contributed by atoms with Gasteiger partial charge < -0.3 is 4.90 Å². The molecule has 0 aliphatic rings. The van der Waals surface area contributed by atoms with Crippen LogP contribution in [0.2, 0.25) is 5.02 Å². The van der Waals surface area contributed by atoms with Gasteiger partial charge in [0, 0.05) is 18.1 Å². The summed E-state index contributed by atoms with van der Waals surface area (Å²) < 4.78 is 1.14. The maximum absolute atomic E-state index is 12.2. The van der Waals surface area contributed by atoms with Crippen molar-refractivity contribution >= 4 is 45.1 Å². The second kappa shape index (κ2) is 6.94. The van der Waals surface area contributed by atoms with E-state index in [1.807, 2.05) is 36.4 Å². The molecular formula is C18H15ClN2OS. The topological polar surface area (TPSA) is 33.2 Å². The van der Waals surface area contributed by atoms with E-state index in [1.165, 1.54) is 0 Å². The summed E-state index contributed by atoms with van der Waals surface area (Å²) >= 11 is 7.46. The Kier molecular flexibility index (Phi) is 4.74. The highest BCUT2D eigenvalue weighted by Gasteiger charge is 2.09. The average molecular weight is 343 g/mol. The number of fused-ring (bicyclic) bond motifs is 1. The monoisotopic (exact) mass is 342 g/mol. The van der Waals surface area contributed by atoms with Crippen LogP contribution in [0.5, 0.6) is 0 Å². The summed E-state index contributed by atoms with van der Waals surface area (Å²) in [4.78, 5) is 18.4. The van der Waals surface area contributed by atoms with Crippen LogP contribution >= 0.6 is 22.9 Å². The Labute approximate surface area is 143 Å². The van der Waals surface area contributed by atoms with Gasteiger partial charge in [-0.15, -0.1) is 11.3 Å². The molecule has 0 N–H and O–H groups in total. The molecule has 0 radical (unpaired) electrons. The molecule has 0 fully saturated rings. The molecule has 0 aliphatic heterocycles. The first-order valence-electron chi connectivity index (χ1n) is 7.15. The largest absolute Gasteiger partial charge is 0.335 e. The summed E-state index contributed by atoms with van der Waals surface area (Å²) in [6.07, 6.45) is 3.35. The Morgan fingerprint density at radius 1 is 1.22 bits per heavy atom. The molecule has 116 valence electrons. The van der Waals surface area contributed by atoms with Gasteiger partial charge in [0.25, 0.3) is 0 Å². The highest BCUT2D eigenvalue weighted by molar-refractivity contribution is 7.18. The van der Waals surface area contributed by atoms with Crippen molar-refractivity contribution in [1.29, 1.82) is 0 Å². The van der Waals surface area contributed by atoms with Crippen LogP contribution in [0.25, 0.3) is 16.3 Å². The minimum absolute atomic E-state index is 0.0563. The lowest BCUT2D eigenvalue weighted by molar-refractivity contribution is -0.125. The number of rotatable bonds is 4. The van der Waals surface area contributed by atoms with Gasteiger partial charge in [-0.3, -0.25) is 4.79 Å². The summed E-state index contributed by atoms with van der Waals surface area (Å²) in [5.74, 6) is -0.0563. The van der Waals surface area contributed by atoms with Crippen molar-refractivity contribution in [3.8, 4) is 0 Å². The molecule has 0 unspecified atom stereocenters. The molecule has 1 aromatic heterocycles. The normalized spacial score (nSPS) is 11.2. The maximum Gasteiger partial charge on any atom is 0.246 e. The third-order valence-electron chi connectivity index (χ3n) is 3.38. The zero-order valence-electron chi connectivity index (χ0n) is 12.6. The van der Waals surface area contributed by atoms with E-state index in [2.05, 4.69) is 4.98 Å². The number of halogens is 1. The predicted molar refractivity (Wildman–Crippen MR) is 96.6 cm³/mol. The van der Waals surface area contributed by atoms with Crippen LogP contribution in [-0.4, -0.2) is 22.8 Å². The Bertz CT molecular complexity index is 822. The number of carbonyl (C=O) groups is 1. The Morgan fingerprint density at radius 3 is 2.70 bits per heavy atom. The van der Waals surface area contributed by atoms with E-state index < -0.39 is 0 Å². The minimum atomic E-state index is -0.0563. The Morgan fingerprint density at radius 2 is 1.96 bits per heavy atom. The molecule has 1 heterocycles. The molecule has 23 heavy (non-hydrogen) atoms. The van der Waals surface area contributed by atoms with Gasteiger partial charge in [0.1, 0.15) is 5.01 Å². The van der Waals surface area contributed by atoms with Gasteiger partial charge in [-0.2, -0.15) is 0 Å². The van der Waals surface area contributed by atoms with Crippen molar-refractivity contribution in [1.82, 2.24) is 9.88 Å². The van der Waals surface area contributed by atoms with E-state index in [4.69, 9.17) is 11.6 Å². The zero-order valence-corrected chi connectivity index (χ0v) is 14.1. The van der Waals surface area contributed by atoms with E-state index in [0.29, 0.717) is 11.6 Å². The van der Waals surface area contributed by atoms with Crippen molar-refractivity contribution in [2.24, 2.45) is 0 Å². The molecule has 0 aliphatic carbocycles. The first-order valence-corrected chi connectivity index (χ1v) is 8.34. The van der Waals surface area contributed by atoms with Gasteiger partial charge in [-0.05, 0) is 35.9 Å². The first kappa shape index (κ1) is 15.7. The first-order chi connectivity index (χ1) is 11.1. The number of hydrogen-bond donors (Lipinski definition) is 0. The second-order valence-corrected chi connectivity index (χ2v) is 6.71. The van der Waals surface area contributed by atoms with Crippen molar-refractivity contribution in [3.63, 3.8) is 0 Å². The van der Waals surface area contributed by atoms with Gasteiger partial charge >= 0.3 is 0 Å². The fourth-order valence-electron chi connectivity index (χ4n) is 2.14. The van der Waals surface area contributed by atoms with Crippen molar-refractivity contribution in [2.75, 3.05) is 7.05 Å². The minimum Gasteiger partial charge on any atom is -0.335 e. The van der Waals surface area contributed by atoms with E-state index in [0.717, 1.165) is 20.8 Å². The lowest BCUT2D eigenvalue weighted by Gasteiger charge is -2.12. The van der Waals surface area contributed by atoms with E-state index in [-0.39, 0.29) is 5.91 Å². The van der Waals surface area contributed by atoms with Crippen LogP contribution < -0.4 is 0 Å². The molecule has 0 bridgehead atoms. The van der Waals surface area contributed by atoms with Crippen LogP contribution in [0.15, 0.2) is 54.6 Å². The Balaban J connectivity index is 1.66. The maximum atomic E-state index is 12.2. The summed E-state index contributed by atoms with van der Waals surface area (Å²) in [5.41, 5.74) is 1.92. The van der Waals surface area contributed by atoms with Crippen LogP contribution in [-0.2, 0) is 11.3 Å². The highest BCUT2D eigenvalue weighted by atomic mass is 35.5. The van der Waals surface area contributed by atoms with Crippen molar-refractivity contribution in [2.45, 2.75) is 6.54 Å². The lowest BCUT2D eigenvalue weighted by atomic mass is 10.2. The molecule has 5 heteroatoms. The van der Waals surface area contributed by atoms with Gasteiger partial charge in [0.15, 0.2) is 0 Å². The number of likely N-dealkylation sites (N-methyl/N-ethyl adjacent to an activating group) is 1. The molecule has 3 aromatic rings. The van der Waals surface area contributed by atoms with Gasteiger partial charge in [0.2, 0.25) is 5.91 Å². The summed E-state index contributed by atoms with van der Waals surface area (Å²) in [5, 5.41) is 1.61. The summed E-state index contributed by atoms with van der Waals surface area (Å²) in [6, 6.07) is 15.3. The smallest absolute Gasteiger partial charge is 0.246 e. The predicted octanol–water partition coefficient (Wildman–Crippen LogP) is 4.62. The number of carbonyl (C=O) groups excluding carboxylic acids is 1. The Hall–Kier alpha value is -2.17. The molecule has 0 spiro atoms. The molecule has 0 saturated heterocycles. The van der Waals surface area contributed by atoms with Crippen LogP contribution in [0.3, 0.4) is 0 Å². The SMILES string of the molecule is CN(Cc1nc2ccccc2s1)C(=O)/C=C/c1ccc(Cl)cc1. The summed E-state index contributed by atoms with van der Waals surface area (Å²) in [6.45, 7) is 0.503. The van der Waals surface area contributed by atoms with E-state index >= 15 is 0 Å². The molecule has 2 aromatic carbocycles. The van der Waals surface area contributed by atoms with Crippen molar-refractivity contribution < 1.29 is 4.79 Å². The molecule has 3 rings (SSSR count). The zero-order chi connectivity index (χ0) is 16.2. The number of hydrogen-bond acceptors (Lipinski definition) is 3. The number of amides is 1. The average Bonchev–Trinajstić information content (AvgIpc) is 2.96. The molecule has 0 saturated carbocycles. The number of benzene rings is 2. The quantitative estimate of drug-likeness (QED) is 0.648. The van der Waals surface area contributed by atoms with E-state index in [1.54, 1.807) is 47.6 Å². The third-order valence-corrected chi connectivity index (χ3v) is 4.65. The number of nitrogens with zero attached hydrogens (tertiary/aromatic N) is 2. The van der Waals surface area contributed by atoms with Gasteiger partial charge in [-0.25, -0.2) is 4.98 Å². The fourth-order valence-corrected chi connectivity index (χ4v) is 3.28. The second-order valence-electron chi connectivity index (χ2n) is 5.15. The number of para-hydroxylation sites is 1. The lowest BCUT2D eigenvalue weighted by Crippen LogP contribution is -2.23. The van der Waals surface area contributed by atoms with Gasteiger partial charge in [-0.1, -0.05) is 35.9 Å². The molecule has 0 atom stereocenters. The number of aromatic nitrogens is 1. The van der Waals surface area contributed by atoms with E-state index in [9.17, 15) is 4.79 Å². The van der Waals surface area contributed by atoms with Crippen molar-refractivity contribution in [3.05, 3.63) is 70.2 Å². The van der Waals surface area contributed by atoms with Crippen LogP contribution in [0.4, 0.5) is 0 Å². The molecular weight excluding hydrogens is 328 g/mol. The fraction of sp³-hybridized carbons (Fsp3) is 0.111. The molecule has 1 amide bonds. The number of thiazole rings is 1. The highest BCUT2D eigenvalue weighted by Crippen LogP contribution is 2.22. The van der Waals surface area contributed by atoms with Gasteiger partial charge in [0.05, 0.1) is 16.8 Å². The molecule has 3 nitrogen and oxygen atoms in total. The summed E-state index contributed by atoms with van der Waals surface area (Å²) in [7, 11) is 1.78. The van der Waals surface area contributed by atoms with Crippen LogP contribution in [0.1, 0.15) is 10.6 Å². The standard InChI is InChI=1S/C18H15ClN2OS/c1-21(12-17-20-15-4-2-3-5-16(15)23-17)18(22)11-8-13-6-9-14(19)10-7-13/h2-11H,12H2,1H3/b11-8+.